The van der Waals surface area contributed by atoms with Crippen LogP contribution in [0.2, 0.25) is 0 Å². The summed E-state index contributed by atoms with van der Waals surface area (Å²) in [6.45, 7) is 11.8. The molecule has 4 nitrogen and oxygen atoms in total. The number of nitrogens with two attached hydrogens (primary N) is 1. The molecule has 18 heavy (non-hydrogen) atoms. The standard InChI is InChI=1S/C14H31N3O/c1-14(2,3)9-12-8-13(16-5-7-18)11-17(10-12)6-4-15/h12-13,16,18H,4-11,15H2,1-3H3. The van der Waals surface area contributed by atoms with Crippen LogP contribution in [0.4, 0.5) is 0 Å². The molecule has 0 aromatic rings. The van der Waals surface area contributed by atoms with Gasteiger partial charge in [-0.15, -0.1) is 0 Å². The number of aliphatic hydroxyl groups excluding tert-OH is 1. The van der Waals surface area contributed by atoms with E-state index in [9.17, 15) is 0 Å². The van der Waals surface area contributed by atoms with Crippen molar-refractivity contribution in [2.24, 2.45) is 17.1 Å². The van der Waals surface area contributed by atoms with E-state index >= 15 is 0 Å². The van der Waals surface area contributed by atoms with Gasteiger partial charge in [-0.2, -0.15) is 0 Å². The van der Waals surface area contributed by atoms with Crippen LogP contribution in [0.5, 0.6) is 0 Å². The normalized spacial score (nSPS) is 26.5. The van der Waals surface area contributed by atoms with Crippen LogP contribution in [0, 0.1) is 11.3 Å². The van der Waals surface area contributed by atoms with Gasteiger partial charge in [-0.05, 0) is 24.2 Å². The highest BCUT2D eigenvalue weighted by Gasteiger charge is 2.29. The molecule has 4 N–H and O–H groups in total. The van der Waals surface area contributed by atoms with Crippen LogP contribution < -0.4 is 11.1 Å². The van der Waals surface area contributed by atoms with Crippen LogP contribution in [0.25, 0.3) is 0 Å². The lowest BCUT2D eigenvalue weighted by Gasteiger charge is -2.40. The molecular formula is C14H31N3O. The van der Waals surface area contributed by atoms with Crippen molar-refractivity contribution in [3.05, 3.63) is 0 Å². The van der Waals surface area contributed by atoms with Crippen molar-refractivity contribution in [1.82, 2.24) is 10.2 Å². The minimum absolute atomic E-state index is 0.220. The fourth-order valence-corrected chi connectivity index (χ4v) is 3.10. The molecule has 0 amide bonds. The van der Waals surface area contributed by atoms with Crippen molar-refractivity contribution in [2.45, 2.75) is 39.7 Å². The molecule has 0 aromatic carbocycles. The van der Waals surface area contributed by atoms with Crippen LogP contribution in [0.15, 0.2) is 0 Å². The van der Waals surface area contributed by atoms with Crippen molar-refractivity contribution in [3.8, 4) is 0 Å². The molecule has 4 heteroatoms. The fraction of sp³-hybridized carbons (Fsp3) is 1.00. The topological polar surface area (TPSA) is 61.5 Å². The van der Waals surface area contributed by atoms with Crippen molar-refractivity contribution in [1.29, 1.82) is 0 Å². The minimum Gasteiger partial charge on any atom is -0.395 e. The summed E-state index contributed by atoms with van der Waals surface area (Å²) < 4.78 is 0. The summed E-state index contributed by atoms with van der Waals surface area (Å²) in [7, 11) is 0. The number of piperidine rings is 1. The Kier molecular flexibility index (Phi) is 6.57. The van der Waals surface area contributed by atoms with Gasteiger partial charge in [0.25, 0.3) is 0 Å². The summed E-state index contributed by atoms with van der Waals surface area (Å²) in [5, 5.41) is 12.4. The van der Waals surface area contributed by atoms with Gasteiger partial charge in [-0.25, -0.2) is 0 Å². The molecule has 108 valence electrons. The van der Waals surface area contributed by atoms with E-state index in [1.165, 1.54) is 19.4 Å². The number of aliphatic hydroxyl groups is 1. The SMILES string of the molecule is CC(C)(C)CC1CC(NCCO)CN(CCN)C1. The Bertz CT molecular complexity index is 228. The van der Waals surface area contributed by atoms with E-state index in [0.717, 1.165) is 25.6 Å². The summed E-state index contributed by atoms with van der Waals surface area (Å²) in [4.78, 5) is 2.47. The van der Waals surface area contributed by atoms with Gasteiger partial charge in [-0.1, -0.05) is 20.8 Å². The number of hydrogen-bond acceptors (Lipinski definition) is 4. The molecule has 0 spiro atoms. The summed E-state index contributed by atoms with van der Waals surface area (Å²) >= 11 is 0. The lowest BCUT2D eigenvalue weighted by atomic mass is 9.80. The van der Waals surface area contributed by atoms with E-state index in [2.05, 4.69) is 31.0 Å². The predicted molar refractivity (Wildman–Crippen MR) is 76.5 cm³/mol. The first-order valence-corrected chi connectivity index (χ1v) is 7.21. The van der Waals surface area contributed by atoms with E-state index < -0.39 is 0 Å². The average molecular weight is 257 g/mol. The molecule has 0 radical (unpaired) electrons. The second kappa shape index (κ2) is 7.43. The number of nitrogens with zero attached hydrogens (tertiary/aromatic N) is 1. The third-order valence-corrected chi connectivity index (χ3v) is 3.50. The average Bonchev–Trinajstić information content (AvgIpc) is 2.24. The van der Waals surface area contributed by atoms with E-state index in [1.54, 1.807) is 0 Å². The van der Waals surface area contributed by atoms with Gasteiger partial charge in [0.1, 0.15) is 0 Å². The number of nitrogens with one attached hydrogen (secondary N) is 1. The van der Waals surface area contributed by atoms with E-state index in [1.807, 2.05) is 0 Å². The van der Waals surface area contributed by atoms with Gasteiger partial charge < -0.3 is 21.1 Å². The Morgan fingerprint density at radius 3 is 2.61 bits per heavy atom. The van der Waals surface area contributed by atoms with Crippen molar-refractivity contribution in [2.75, 3.05) is 39.3 Å². The number of hydrogen-bond donors (Lipinski definition) is 3. The lowest BCUT2D eigenvalue weighted by molar-refractivity contribution is 0.114. The highest BCUT2D eigenvalue weighted by atomic mass is 16.3. The van der Waals surface area contributed by atoms with Gasteiger partial charge in [0.05, 0.1) is 6.61 Å². The van der Waals surface area contributed by atoms with E-state index in [-0.39, 0.29) is 6.61 Å². The molecule has 0 aliphatic carbocycles. The highest BCUT2D eigenvalue weighted by Crippen LogP contribution is 2.30. The zero-order chi connectivity index (χ0) is 13.6. The monoisotopic (exact) mass is 257 g/mol. The first kappa shape index (κ1) is 15.9. The first-order valence-electron chi connectivity index (χ1n) is 7.21. The lowest BCUT2D eigenvalue weighted by Crippen LogP contribution is -2.51. The maximum atomic E-state index is 8.92. The number of likely N-dealkylation sites (tertiary alicyclic amines) is 1. The van der Waals surface area contributed by atoms with Crippen LogP contribution in [-0.4, -0.2) is 55.4 Å². The van der Waals surface area contributed by atoms with E-state index in [4.69, 9.17) is 10.8 Å². The third kappa shape index (κ3) is 6.14. The van der Waals surface area contributed by atoms with Crippen LogP contribution in [0.3, 0.4) is 0 Å². The summed E-state index contributed by atoms with van der Waals surface area (Å²) in [6.07, 6.45) is 2.48. The molecule has 0 aromatic heterocycles. The molecular weight excluding hydrogens is 226 g/mol. The molecule has 1 saturated heterocycles. The van der Waals surface area contributed by atoms with Crippen LogP contribution >= 0.6 is 0 Å². The maximum Gasteiger partial charge on any atom is 0.0556 e. The summed E-state index contributed by atoms with van der Waals surface area (Å²) in [5.41, 5.74) is 6.06. The van der Waals surface area contributed by atoms with Crippen molar-refractivity contribution >= 4 is 0 Å². The molecule has 1 heterocycles. The fourth-order valence-electron chi connectivity index (χ4n) is 3.10. The zero-order valence-electron chi connectivity index (χ0n) is 12.3. The second-order valence-electron chi connectivity index (χ2n) is 6.79. The predicted octanol–water partition coefficient (Wildman–Crippen LogP) is 0.654. The molecule has 0 bridgehead atoms. The van der Waals surface area contributed by atoms with Gasteiger partial charge in [0.2, 0.25) is 0 Å². The van der Waals surface area contributed by atoms with Gasteiger partial charge in [0, 0.05) is 38.8 Å². The molecule has 1 fully saturated rings. The third-order valence-electron chi connectivity index (χ3n) is 3.50. The Balaban J connectivity index is 2.50. The Morgan fingerprint density at radius 2 is 2.06 bits per heavy atom. The summed E-state index contributed by atoms with van der Waals surface area (Å²) in [5.74, 6) is 0.737. The van der Waals surface area contributed by atoms with Gasteiger partial charge in [0.15, 0.2) is 0 Å². The minimum atomic E-state index is 0.220. The summed E-state index contributed by atoms with van der Waals surface area (Å²) in [6, 6.07) is 0.504. The largest absolute Gasteiger partial charge is 0.395 e. The van der Waals surface area contributed by atoms with Gasteiger partial charge >= 0.3 is 0 Å². The maximum absolute atomic E-state index is 8.92. The van der Waals surface area contributed by atoms with Crippen molar-refractivity contribution in [3.63, 3.8) is 0 Å². The Labute approximate surface area is 112 Å². The van der Waals surface area contributed by atoms with Gasteiger partial charge in [-0.3, -0.25) is 0 Å². The van der Waals surface area contributed by atoms with Crippen LogP contribution in [0.1, 0.15) is 33.6 Å². The first-order chi connectivity index (χ1) is 8.44. The molecule has 0 saturated carbocycles. The Hall–Kier alpha value is -0.160. The molecule has 2 atom stereocenters. The molecule has 1 aliphatic heterocycles. The molecule has 2 unspecified atom stereocenters. The molecule has 1 rings (SSSR count). The smallest absolute Gasteiger partial charge is 0.0556 e. The van der Waals surface area contributed by atoms with E-state index in [0.29, 0.717) is 18.0 Å². The highest BCUT2D eigenvalue weighted by molar-refractivity contribution is 4.85. The Morgan fingerprint density at radius 1 is 1.33 bits per heavy atom. The zero-order valence-corrected chi connectivity index (χ0v) is 12.3. The molecule has 1 aliphatic rings. The van der Waals surface area contributed by atoms with Crippen LogP contribution in [-0.2, 0) is 0 Å². The quantitative estimate of drug-likeness (QED) is 0.654. The number of rotatable bonds is 6. The van der Waals surface area contributed by atoms with Crippen molar-refractivity contribution < 1.29 is 5.11 Å². The second-order valence-corrected chi connectivity index (χ2v) is 6.79.